The molecule has 0 radical (unpaired) electrons. The van der Waals surface area contributed by atoms with Crippen LogP contribution >= 0.6 is 0 Å². The van der Waals surface area contributed by atoms with E-state index >= 15 is 0 Å². The molecule has 0 unspecified atom stereocenters. The number of carbonyl (C=O) groups is 2. The Hall–Kier alpha value is -2.00. The van der Waals surface area contributed by atoms with Crippen molar-refractivity contribution in [3.8, 4) is 0 Å². The van der Waals surface area contributed by atoms with Gasteiger partial charge in [0.15, 0.2) is 0 Å². The first-order valence-corrected chi connectivity index (χ1v) is 7.27. The number of likely N-dealkylation sites (N-methyl/N-ethyl adjacent to an activating group) is 1. The van der Waals surface area contributed by atoms with Crippen LogP contribution in [0.25, 0.3) is 0 Å². The fraction of sp³-hybridized carbons (Fsp3) is 0.333. The zero-order chi connectivity index (χ0) is 16.2. The maximum absolute atomic E-state index is 13.3. The van der Waals surface area contributed by atoms with Gasteiger partial charge in [-0.2, -0.15) is 4.31 Å². The van der Waals surface area contributed by atoms with Gasteiger partial charge in [0, 0.05) is 6.54 Å². The second-order valence-electron chi connectivity index (χ2n) is 3.95. The van der Waals surface area contributed by atoms with E-state index < -0.39 is 44.8 Å². The average Bonchev–Trinajstić information content (AvgIpc) is 2.43. The number of carboxylic acid groups (broad SMARTS) is 1. The van der Waals surface area contributed by atoms with Crippen LogP contribution < -0.4 is 0 Å². The molecule has 116 valence electrons. The molecule has 0 aromatic heterocycles. The molecule has 21 heavy (non-hydrogen) atoms. The third-order valence-corrected chi connectivity index (χ3v) is 4.64. The molecule has 1 rings (SSSR count). The minimum absolute atomic E-state index is 0.104. The van der Waals surface area contributed by atoms with E-state index in [1.165, 1.54) is 6.92 Å². The first-order chi connectivity index (χ1) is 9.73. The predicted molar refractivity (Wildman–Crippen MR) is 69.8 cm³/mol. The Morgan fingerprint density at radius 2 is 2.00 bits per heavy atom. The summed E-state index contributed by atoms with van der Waals surface area (Å²) < 4.78 is 43.1. The Balaban J connectivity index is 3.38. The summed E-state index contributed by atoms with van der Waals surface area (Å²) in [5, 5.41) is 9.01. The quantitative estimate of drug-likeness (QED) is 0.775. The van der Waals surface area contributed by atoms with Gasteiger partial charge < -0.3 is 9.84 Å². The SMILES string of the molecule is CCN(CC(=O)OC)S(=O)(=O)c1cc(F)ccc1C(=O)O. The van der Waals surface area contributed by atoms with Crippen molar-refractivity contribution < 1.29 is 32.2 Å². The summed E-state index contributed by atoms with van der Waals surface area (Å²) in [6, 6.07) is 2.31. The van der Waals surface area contributed by atoms with Crippen LogP contribution in [0, 0.1) is 5.82 Å². The number of rotatable bonds is 6. The summed E-state index contributed by atoms with van der Waals surface area (Å²) in [4.78, 5) is 21.6. The van der Waals surface area contributed by atoms with Crippen molar-refractivity contribution in [3.05, 3.63) is 29.6 Å². The molecule has 0 amide bonds. The number of sulfonamides is 1. The Labute approximate surface area is 121 Å². The number of benzene rings is 1. The molecule has 1 N–H and O–H groups in total. The van der Waals surface area contributed by atoms with Gasteiger partial charge in [-0.05, 0) is 18.2 Å². The second-order valence-corrected chi connectivity index (χ2v) is 5.86. The molecule has 0 atom stereocenters. The zero-order valence-electron chi connectivity index (χ0n) is 11.4. The van der Waals surface area contributed by atoms with Gasteiger partial charge in [-0.15, -0.1) is 0 Å². The van der Waals surface area contributed by atoms with E-state index in [1.807, 2.05) is 0 Å². The molecule has 0 aliphatic rings. The molecule has 0 saturated heterocycles. The van der Waals surface area contributed by atoms with E-state index in [-0.39, 0.29) is 6.54 Å². The molecule has 1 aromatic carbocycles. The first-order valence-electron chi connectivity index (χ1n) is 5.83. The average molecular weight is 319 g/mol. The van der Waals surface area contributed by atoms with Gasteiger partial charge in [-0.25, -0.2) is 17.6 Å². The molecule has 7 nitrogen and oxygen atoms in total. The van der Waals surface area contributed by atoms with Crippen LogP contribution in [-0.2, 0) is 19.6 Å². The molecule has 0 bridgehead atoms. The third-order valence-electron chi connectivity index (χ3n) is 2.68. The van der Waals surface area contributed by atoms with Gasteiger partial charge in [0.05, 0.1) is 17.6 Å². The van der Waals surface area contributed by atoms with Crippen molar-refractivity contribution in [2.75, 3.05) is 20.2 Å². The van der Waals surface area contributed by atoms with Crippen molar-refractivity contribution in [1.29, 1.82) is 0 Å². The normalized spacial score (nSPS) is 11.4. The van der Waals surface area contributed by atoms with Crippen molar-refractivity contribution in [3.63, 3.8) is 0 Å². The molecule has 0 aliphatic carbocycles. The Bertz CT molecular complexity index is 658. The highest BCUT2D eigenvalue weighted by Crippen LogP contribution is 2.21. The fourth-order valence-electron chi connectivity index (χ4n) is 1.60. The number of ether oxygens (including phenoxy) is 1. The van der Waals surface area contributed by atoms with Crippen molar-refractivity contribution in [2.45, 2.75) is 11.8 Å². The minimum Gasteiger partial charge on any atom is -0.478 e. The van der Waals surface area contributed by atoms with E-state index in [4.69, 9.17) is 5.11 Å². The van der Waals surface area contributed by atoms with Crippen LogP contribution in [0.3, 0.4) is 0 Å². The Morgan fingerprint density at radius 3 is 2.48 bits per heavy atom. The highest BCUT2D eigenvalue weighted by molar-refractivity contribution is 7.89. The van der Waals surface area contributed by atoms with Gasteiger partial charge in [0.25, 0.3) is 0 Å². The lowest BCUT2D eigenvalue weighted by molar-refractivity contribution is -0.140. The second kappa shape index (κ2) is 6.64. The Morgan fingerprint density at radius 1 is 1.38 bits per heavy atom. The lowest BCUT2D eigenvalue weighted by Crippen LogP contribution is -2.36. The van der Waals surface area contributed by atoms with Crippen LogP contribution in [-0.4, -0.2) is 50.0 Å². The topological polar surface area (TPSA) is 101 Å². The van der Waals surface area contributed by atoms with Crippen LogP contribution in [0.4, 0.5) is 4.39 Å². The summed E-state index contributed by atoms with van der Waals surface area (Å²) in [5.74, 6) is -3.22. The van der Waals surface area contributed by atoms with Crippen molar-refractivity contribution >= 4 is 22.0 Å². The van der Waals surface area contributed by atoms with E-state index in [0.29, 0.717) is 10.4 Å². The van der Waals surface area contributed by atoms with Crippen LogP contribution in [0.1, 0.15) is 17.3 Å². The first kappa shape index (κ1) is 17.1. The van der Waals surface area contributed by atoms with Crippen LogP contribution in [0.2, 0.25) is 0 Å². The van der Waals surface area contributed by atoms with Crippen LogP contribution in [0.15, 0.2) is 23.1 Å². The highest BCUT2D eigenvalue weighted by atomic mass is 32.2. The van der Waals surface area contributed by atoms with E-state index in [9.17, 15) is 22.4 Å². The monoisotopic (exact) mass is 319 g/mol. The number of halogens is 1. The number of nitrogens with zero attached hydrogens (tertiary/aromatic N) is 1. The molecule has 0 aliphatic heterocycles. The summed E-state index contributed by atoms with van der Waals surface area (Å²) in [6.45, 7) is 0.762. The summed E-state index contributed by atoms with van der Waals surface area (Å²) >= 11 is 0. The van der Waals surface area contributed by atoms with E-state index in [0.717, 1.165) is 19.2 Å². The molecule has 0 fully saturated rings. The van der Waals surface area contributed by atoms with E-state index in [2.05, 4.69) is 4.74 Å². The Kier molecular flexibility index (Phi) is 5.39. The standard InChI is InChI=1S/C12H14FNO6S/c1-3-14(7-11(15)20-2)21(18,19)10-6-8(13)4-5-9(10)12(16)17/h4-6H,3,7H2,1-2H3,(H,16,17). The largest absolute Gasteiger partial charge is 0.478 e. The van der Waals surface area contributed by atoms with Gasteiger partial charge in [0.2, 0.25) is 10.0 Å². The summed E-state index contributed by atoms with van der Waals surface area (Å²) in [7, 11) is -3.25. The van der Waals surface area contributed by atoms with Gasteiger partial charge >= 0.3 is 11.9 Å². The molecule has 0 spiro atoms. The molecule has 0 saturated carbocycles. The number of esters is 1. The molecule has 9 heteroatoms. The van der Waals surface area contributed by atoms with Crippen LogP contribution in [0.5, 0.6) is 0 Å². The van der Waals surface area contributed by atoms with Gasteiger partial charge in [-0.1, -0.05) is 6.92 Å². The number of carbonyl (C=O) groups excluding carboxylic acids is 1. The predicted octanol–water partition coefficient (Wildman–Crippen LogP) is 0.708. The number of carboxylic acids is 1. The minimum atomic E-state index is -4.34. The number of hydrogen-bond donors (Lipinski definition) is 1. The third kappa shape index (κ3) is 3.76. The maximum Gasteiger partial charge on any atom is 0.337 e. The smallest absolute Gasteiger partial charge is 0.337 e. The molecule has 0 heterocycles. The lowest BCUT2D eigenvalue weighted by atomic mass is 10.2. The lowest BCUT2D eigenvalue weighted by Gasteiger charge is -2.20. The summed E-state index contributed by atoms with van der Waals surface area (Å²) in [6.07, 6.45) is 0. The molecule has 1 aromatic rings. The highest BCUT2D eigenvalue weighted by Gasteiger charge is 2.30. The van der Waals surface area contributed by atoms with Gasteiger partial charge in [0.1, 0.15) is 12.4 Å². The maximum atomic E-state index is 13.3. The van der Waals surface area contributed by atoms with Crippen molar-refractivity contribution in [1.82, 2.24) is 4.31 Å². The van der Waals surface area contributed by atoms with E-state index in [1.54, 1.807) is 0 Å². The number of methoxy groups -OCH3 is 1. The van der Waals surface area contributed by atoms with Gasteiger partial charge in [-0.3, -0.25) is 4.79 Å². The zero-order valence-corrected chi connectivity index (χ0v) is 12.2. The number of aromatic carboxylic acids is 1. The fourth-order valence-corrected chi connectivity index (χ4v) is 3.19. The molecular formula is C12H14FNO6S. The molecular weight excluding hydrogens is 305 g/mol. The summed E-state index contributed by atoms with van der Waals surface area (Å²) in [5.41, 5.74) is -0.570. The number of hydrogen-bond acceptors (Lipinski definition) is 5. The van der Waals surface area contributed by atoms with Crippen molar-refractivity contribution in [2.24, 2.45) is 0 Å².